The first-order chi connectivity index (χ1) is 11.5. The number of aromatic nitrogens is 2. The first kappa shape index (κ1) is 16.3. The van der Waals surface area contributed by atoms with E-state index in [0.29, 0.717) is 18.0 Å². The molecule has 3 rings (SSSR count). The Morgan fingerprint density at radius 3 is 2.71 bits per heavy atom. The third-order valence-electron chi connectivity index (χ3n) is 4.00. The Labute approximate surface area is 137 Å². The van der Waals surface area contributed by atoms with Gasteiger partial charge in [-0.05, 0) is 33.0 Å². The Hall–Kier alpha value is -2.54. The Balaban J connectivity index is 1.81. The molecule has 7 heteroatoms. The molecule has 0 amide bonds. The number of rotatable bonds is 5. The van der Waals surface area contributed by atoms with Crippen LogP contribution in [0.2, 0.25) is 0 Å². The van der Waals surface area contributed by atoms with Crippen molar-refractivity contribution >= 4 is 0 Å². The van der Waals surface area contributed by atoms with Crippen molar-refractivity contribution in [2.45, 2.75) is 26.4 Å². The Bertz CT molecular complexity index is 830. The zero-order valence-corrected chi connectivity index (χ0v) is 13.6. The smallest absolute Gasteiger partial charge is 0.229 e. The van der Waals surface area contributed by atoms with Gasteiger partial charge >= 0.3 is 0 Å². The molecule has 2 heterocycles. The van der Waals surface area contributed by atoms with E-state index >= 15 is 0 Å². The number of oxazole rings is 1. The van der Waals surface area contributed by atoms with Crippen LogP contribution in [0.5, 0.6) is 0 Å². The molecule has 0 N–H and O–H groups in total. The molecule has 0 radical (unpaired) electrons. The number of nitrogens with zero attached hydrogens (tertiary/aromatic N) is 3. The molecule has 0 aliphatic heterocycles. The minimum absolute atomic E-state index is 0.0193. The number of aryl methyl sites for hydroxylation is 1. The van der Waals surface area contributed by atoms with Crippen molar-refractivity contribution in [3.05, 3.63) is 59.3 Å². The van der Waals surface area contributed by atoms with Gasteiger partial charge in [0.15, 0.2) is 0 Å². The second kappa shape index (κ2) is 6.52. The first-order valence-corrected chi connectivity index (χ1v) is 7.48. The molecule has 0 fully saturated rings. The molecule has 24 heavy (non-hydrogen) atoms. The Morgan fingerprint density at radius 1 is 1.25 bits per heavy atom. The maximum atomic E-state index is 13.9. The van der Waals surface area contributed by atoms with E-state index in [-0.39, 0.29) is 17.5 Å². The van der Waals surface area contributed by atoms with Crippen molar-refractivity contribution in [3.8, 4) is 11.5 Å². The SMILES string of the molecule is Cc1oc(-c2ccc(F)cc2F)nc1CN(C)C(C)c1ccon1. The van der Waals surface area contributed by atoms with Crippen molar-refractivity contribution in [2.75, 3.05) is 7.05 Å². The molecule has 1 unspecified atom stereocenters. The highest BCUT2D eigenvalue weighted by atomic mass is 19.1. The average Bonchev–Trinajstić information content (AvgIpc) is 3.17. The van der Waals surface area contributed by atoms with Crippen LogP contribution in [0.1, 0.15) is 30.1 Å². The second-order valence-electron chi connectivity index (χ2n) is 5.66. The van der Waals surface area contributed by atoms with Gasteiger partial charge in [-0.15, -0.1) is 0 Å². The molecule has 0 saturated heterocycles. The average molecular weight is 333 g/mol. The van der Waals surface area contributed by atoms with Crippen LogP contribution in [-0.4, -0.2) is 22.1 Å². The van der Waals surface area contributed by atoms with Crippen LogP contribution in [0.3, 0.4) is 0 Å². The third-order valence-corrected chi connectivity index (χ3v) is 4.00. The molecule has 0 spiro atoms. The van der Waals surface area contributed by atoms with Gasteiger partial charge in [0.25, 0.3) is 0 Å². The van der Waals surface area contributed by atoms with Gasteiger partial charge < -0.3 is 8.94 Å². The van der Waals surface area contributed by atoms with Crippen molar-refractivity contribution in [2.24, 2.45) is 0 Å². The first-order valence-electron chi connectivity index (χ1n) is 7.48. The van der Waals surface area contributed by atoms with Gasteiger partial charge in [-0.1, -0.05) is 5.16 Å². The van der Waals surface area contributed by atoms with Crippen LogP contribution in [0.15, 0.2) is 39.5 Å². The fraction of sp³-hybridized carbons (Fsp3) is 0.294. The summed E-state index contributed by atoms with van der Waals surface area (Å²) >= 11 is 0. The molecule has 1 aromatic carbocycles. The van der Waals surface area contributed by atoms with Crippen LogP contribution in [0.25, 0.3) is 11.5 Å². The van der Waals surface area contributed by atoms with Crippen LogP contribution < -0.4 is 0 Å². The summed E-state index contributed by atoms with van der Waals surface area (Å²) in [6, 6.07) is 5.13. The number of halogens is 2. The van der Waals surface area contributed by atoms with E-state index in [9.17, 15) is 8.78 Å². The maximum absolute atomic E-state index is 13.9. The summed E-state index contributed by atoms with van der Waals surface area (Å²) in [5.74, 6) is -0.608. The van der Waals surface area contributed by atoms with Gasteiger partial charge in [-0.25, -0.2) is 13.8 Å². The highest BCUT2D eigenvalue weighted by Gasteiger charge is 2.20. The topological polar surface area (TPSA) is 55.3 Å². The molecule has 2 aromatic heterocycles. The van der Waals surface area contributed by atoms with Crippen molar-refractivity contribution in [3.63, 3.8) is 0 Å². The summed E-state index contributed by atoms with van der Waals surface area (Å²) < 4.78 is 37.3. The zero-order valence-electron chi connectivity index (χ0n) is 13.6. The minimum atomic E-state index is -0.702. The highest BCUT2D eigenvalue weighted by molar-refractivity contribution is 5.54. The molecule has 3 aromatic rings. The van der Waals surface area contributed by atoms with E-state index in [2.05, 4.69) is 10.1 Å². The summed E-state index contributed by atoms with van der Waals surface area (Å²) in [4.78, 5) is 6.38. The van der Waals surface area contributed by atoms with Gasteiger partial charge in [0, 0.05) is 18.7 Å². The van der Waals surface area contributed by atoms with Crippen molar-refractivity contribution < 1.29 is 17.7 Å². The normalized spacial score (nSPS) is 12.8. The quantitative estimate of drug-likeness (QED) is 0.703. The molecule has 0 aliphatic rings. The second-order valence-corrected chi connectivity index (χ2v) is 5.66. The van der Waals surface area contributed by atoms with Gasteiger partial charge in [-0.3, -0.25) is 4.90 Å². The zero-order chi connectivity index (χ0) is 17.3. The summed E-state index contributed by atoms with van der Waals surface area (Å²) in [7, 11) is 1.92. The summed E-state index contributed by atoms with van der Waals surface area (Å²) in [6.45, 7) is 4.25. The third kappa shape index (κ3) is 3.21. The predicted molar refractivity (Wildman–Crippen MR) is 83.0 cm³/mol. The molecule has 126 valence electrons. The van der Waals surface area contributed by atoms with Crippen LogP contribution >= 0.6 is 0 Å². The number of hydrogen-bond donors (Lipinski definition) is 0. The molecular weight excluding hydrogens is 316 g/mol. The maximum Gasteiger partial charge on any atom is 0.229 e. The van der Waals surface area contributed by atoms with Crippen molar-refractivity contribution in [1.29, 1.82) is 0 Å². The summed E-state index contributed by atoms with van der Waals surface area (Å²) in [5, 5.41) is 3.93. The van der Waals surface area contributed by atoms with Gasteiger partial charge in [0.05, 0.1) is 17.3 Å². The Morgan fingerprint density at radius 2 is 2.04 bits per heavy atom. The van der Waals surface area contributed by atoms with Crippen LogP contribution in [-0.2, 0) is 6.54 Å². The van der Waals surface area contributed by atoms with E-state index in [1.807, 2.05) is 18.9 Å². The molecule has 5 nitrogen and oxygen atoms in total. The summed E-state index contributed by atoms with van der Waals surface area (Å²) in [6.07, 6.45) is 1.52. The molecule has 1 atom stereocenters. The van der Waals surface area contributed by atoms with Crippen molar-refractivity contribution in [1.82, 2.24) is 15.0 Å². The summed E-state index contributed by atoms with van der Waals surface area (Å²) in [5.41, 5.74) is 1.63. The largest absolute Gasteiger partial charge is 0.441 e. The van der Waals surface area contributed by atoms with E-state index in [1.54, 1.807) is 13.0 Å². The van der Waals surface area contributed by atoms with Gasteiger partial charge in [0.1, 0.15) is 29.4 Å². The number of hydrogen-bond acceptors (Lipinski definition) is 5. The molecule has 0 bridgehead atoms. The lowest BCUT2D eigenvalue weighted by Gasteiger charge is -2.21. The molecule has 0 saturated carbocycles. The highest BCUT2D eigenvalue weighted by Crippen LogP contribution is 2.27. The standard InChI is InChI=1S/C17H17F2N3O2/c1-10(15-6-7-23-21-15)22(3)9-16-11(2)24-17(20-16)13-5-4-12(18)8-14(13)19/h4-8,10H,9H2,1-3H3. The van der Waals surface area contributed by atoms with E-state index in [0.717, 1.165) is 11.8 Å². The molecule has 0 aliphatic carbocycles. The fourth-order valence-corrected chi connectivity index (χ4v) is 2.39. The minimum Gasteiger partial charge on any atom is -0.441 e. The van der Waals surface area contributed by atoms with E-state index in [1.165, 1.54) is 18.4 Å². The van der Waals surface area contributed by atoms with Crippen LogP contribution in [0.4, 0.5) is 8.78 Å². The lowest BCUT2D eigenvalue weighted by Crippen LogP contribution is -2.22. The fourth-order valence-electron chi connectivity index (χ4n) is 2.39. The monoisotopic (exact) mass is 333 g/mol. The Kier molecular flexibility index (Phi) is 4.44. The molecular formula is C17H17F2N3O2. The van der Waals surface area contributed by atoms with Crippen LogP contribution in [0, 0.1) is 18.6 Å². The lowest BCUT2D eigenvalue weighted by molar-refractivity contribution is 0.237. The van der Waals surface area contributed by atoms with E-state index in [4.69, 9.17) is 8.94 Å². The van der Waals surface area contributed by atoms with Gasteiger partial charge in [-0.2, -0.15) is 0 Å². The van der Waals surface area contributed by atoms with E-state index < -0.39 is 11.6 Å². The van der Waals surface area contributed by atoms with Gasteiger partial charge in [0.2, 0.25) is 5.89 Å². The predicted octanol–water partition coefficient (Wildman–Crippen LogP) is 4.11. The number of benzene rings is 1. The lowest BCUT2D eigenvalue weighted by atomic mass is 10.2.